The highest BCUT2D eigenvalue weighted by Gasteiger charge is 2.41. The van der Waals surface area contributed by atoms with E-state index in [4.69, 9.17) is 0 Å². The van der Waals surface area contributed by atoms with E-state index < -0.39 is 0 Å². The summed E-state index contributed by atoms with van der Waals surface area (Å²) in [4.78, 5) is 7.81. The van der Waals surface area contributed by atoms with Crippen LogP contribution < -0.4 is 5.32 Å². The summed E-state index contributed by atoms with van der Waals surface area (Å²) in [5.74, 6) is 1.17. The van der Waals surface area contributed by atoms with Gasteiger partial charge in [-0.2, -0.15) is 11.8 Å². The molecule has 82 valence electrons. The third-order valence-corrected chi connectivity index (χ3v) is 5.07. The van der Waals surface area contributed by atoms with Crippen molar-refractivity contribution in [1.82, 2.24) is 15.3 Å². The molecule has 0 radical (unpaired) electrons. The number of thioether (sulfide) groups is 1. The van der Waals surface area contributed by atoms with Crippen LogP contribution in [0.1, 0.15) is 31.2 Å². The number of hydrogen-bond acceptors (Lipinski definition) is 3. The molecule has 0 aromatic carbocycles. The fraction of sp³-hybridized carbons (Fsp3) is 0.727. The van der Waals surface area contributed by atoms with Gasteiger partial charge in [-0.1, -0.05) is 6.92 Å². The molecule has 15 heavy (non-hydrogen) atoms. The van der Waals surface area contributed by atoms with Crippen molar-refractivity contribution in [3.05, 3.63) is 17.7 Å². The van der Waals surface area contributed by atoms with E-state index in [2.05, 4.69) is 34.0 Å². The zero-order chi connectivity index (χ0) is 10.3. The fourth-order valence-corrected chi connectivity index (χ4v) is 3.89. The van der Waals surface area contributed by atoms with E-state index in [0.717, 1.165) is 18.2 Å². The van der Waals surface area contributed by atoms with E-state index in [1.54, 1.807) is 0 Å². The average molecular weight is 223 g/mol. The van der Waals surface area contributed by atoms with Gasteiger partial charge in [0.15, 0.2) is 0 Å². The van der Waals surface area contributed by atoms with Gasteiger partial charge in [0, 0.05) is 29.7 Å². The second kappa shape index (κ2) is 3.52. The zero-order valence-corrected chi connectivity index (χ0v) is 9.86. The van der Waals surface area contributed by atoms with Gasteiger partial charge in [0.25, 0.3) is 0 Å². The predicted octanol–water partition coefficient (Wildman–Crippen LogP) is 1.67. The summed E-state index contributed by atoms with van der Waals surface area (Å²) in [7, 11) is 0. The summed E-state index contributed by atoms with van der Waals surface area (Å²) in [5, 5.41) is 4.50. The maximum Gasteiger partial charge on any atom is 0.0926 e. The van der Waals surface area contributed by atoms with Gasteiger partial charge in [-0.05, 0) is 12.8 Å². The number of aromatic amines is 1. The number of fused-ring (bicyclic) bond motifs is 2. The molecule has 0 saturated carbocycles. The molecular formula is C11H17N3S. The Labute approximate surface area is 94.4 Å². The minimum absolute atomic E-state index is 0.171. The molecule has 2 N–H and O–H groups in total. The van der Waals surface area contributed by atoms with Gasteiger partial charge in [0.05, 0.1) is 17.6 Å². The minimum atomic E-state index is 0.171. The van der Waals surface area contributed by atoms with E-state index in [0.29, 0.717) is 0 Å². The number of H-pyrrole nitrogens is 1. The van der Waals surface area contributed by atoms with Crippen LogP contribution in [0.2, 0.25) is 0 Å². The Hall–Kier alpha value is -0.480. The molecule has 0 amide bonds. The molecule has 2 aliphatic rings. The first kappa shape index (κ1) is 9.73. The predicted molar refractivity (Wildman–Crippen MR) is 63.1 cm³/mol. The summed E-state index contributed by atoms with van der Waals surface area (Å²) >= 11 is 2.07. The number of nitrogens with zero attached hydrogens (tertiary/aromatic N) is 1. The molecule has 0 bridgehead atoms. The fourth-order valence-electron chi connectivity index (χ4n) is 2.65. The molecule has 1 aromatic rings. The standard InChI is InChI=1S/C11H17N3S/c1-8-2-4-11(6-15-8)10-9(3-5-14-11)12-7-13-10/h7-8,14H,2-6H2,1H3,(H,12,13). The Balaban J connectivity index is 1.94. The molecule has 2 aliphatic heterocycles. The smallest absolute Gasteiger partial charge is 0.0926 e. The lowest BCUT2D eigenvalue weighted by Crippen LogP contribution is -2.51. The minimum Gasteiger partial charge on any atom is -0.348 e. The Bertz CT molecular complexity index is 352. The molecule has 1 fully saturated rings. The number of imidazole rings is 1. The van der Waals surface area contributed by atoms with Crippen LogP contribution in [0, 0.1) is 0 Å². The van der Waals surface area contributed by atoms with Crippen molar-refractivity contribution in [1.29, 1.82) is 0 Å². The maximum absolute atomic E-state index is 4.53. The first-order valence-corrected chi connectivity index (χ1v) is 6.74. The van der Waals surface area contributed by atoms with Crippen molar-refractivity contribution in [3.63, 3.8) is 0 Å². The summed E-state index contributed by atoms with van der Waals surface area (Å²) in [6, 6.07) is 0. The molecule has 1 saturated heterocycles. The molecule has 2 atom stereocenters. The van der Waals surface area contributed by atoms with E-state index in [1.165, 1.54) is 30.0 Å². The first-order chi connectivity index (χ1) is 7.30. The van der Waals surface area contributed by atoms with Crippen LogP contribution in [0.15, 0.2) is 6.33 Å². The summed E-state index contributed by atoms with van der Waals surface area (Å²) < 4.78 is 0. The number of nitrogens with one attached hydrogen (secondary N) is 2. The largest absolute Gasteiger partial charge is 0.348 e. The molecular weight excluding hydrogens is 206 g/mol. The first-order valence-electron chi connectivity index (χ1n) is 5.69. The average Bonchev–Trinajstić information content (AvgIpc) is 2.72. The highest BCUT2D eigenvalue weighted by Crippen LogP contribution is 2.40. The van der Waals surface area contributed by atoms with Gasteiger partial charge < -0.3 is 10.3 Å². The quantitative estimate of drug-likeness (QED) is 0.703. The van der Waals surface area contributed by atoms with Crippen LogP contribution in [0.25, 0.3) is 0 Å². The third-order valence-electron chi connectivity index (χ3n) is 3.60. The highest BCUT2D eigenvalue weighted by molar-refractivity contribution is 8.00. The van der Waals surface area contributed by atoms with Gasteiger partial charge in [-0.3, -0.25) is 0 Å². The van der Waals surface area contributed by atoms with Crippen molar-refractivity contribution >= 4 is 11.8 Å². The Morgan fingerprint density at radius 3 is 3.33 bits per heavy atom. The van der Waals surface area contributed by atoms with Crippen LogP contribution in [-0.4, -0.2) is 27.5 Å². The van der Waals surface area contributed by atoms with E-state index in [9.17, 15) is 0 Å². The van der Waals surface area contributed by atoms with Crippen molar-refractivity contribution in [2.75, 3.05) is 12.3 Å². The molecule has 1 spiro atoms. The molecule has 4 heteroatoms. The van der Waals surface area contributed by atoms with E-state index in [1.807, 2.05) is 6.33 Å². The van der Waals surface area contributed by atoms with E-state index >= 15 is 0 Å². The lowest BCUT2D eigenvalue weighted by molar-refractivity contribution is 0.305. The molecule has 1 aromatic heterocycles. The van der Waals surface area contributed by atoms with Gasteiger partial charge in [-0.15, -0.1) is 0 Å². The topological polar surface area (TPSA) is 40.7 Å². The molecule has 0 aliphatic carbocycles. The summed E-state index contributed by atoms with van der Waals surface area (Å²) in [5.41, 5.74) is 2.81. The summed E-state index contributed by atoms with van der Waals surface area (Å²) in [6.07, 6.45) is 5.47. The lowest BCUT2D eigenvalue weighted by Gasteiger charge is -2.41. The molecule has 3 heterocycles. The van der Waals surface area contributed by atoms with Gasteiger partial charge in [0.2, 0.25) is 0 Å². The van der Waals surface area contributed by atoms with Crippen LogP contribution in [-0.2, 0) is 12.0 Å². The van der Waals surface area contributed by atoms with Gasteiger partial charge in [0.1, 0.15) is 0 Å². The normalized spacial score (nSPS) is 35.4. The molecule has 3 rings (SSSR count). The number of aromatic nitrogens is 2. The number of hydrogen-bond donors (Lipinski definition) is 2. The van der Waals surface area contributed by atoms with Crippen molar-refractivity contribution in [2.24, 2.45) is 0 Å². The Morgan fingerprint density at radius 2 is 2.53 bits per heavy atom. The van der Waals surface area contributed by atoms with Crippen LogP contribution in [0.5, 0.6) is 0 Å². The lowest BCUT2D eigenvalue weighted by atomic mass is 9.86. The molecule has 2 unspecified atom stereocenters. The monoisotopic (exact) mass is 223 g/mol. The second-order valence-electron chi connectivity index (χ2n) is 4.65. The van der Waals surface area contributed by atoms with Crippen LogP contribution >= 0.6 is 11.8 Å². The van der Waals surface area contributed by atoms with E-state index in [-0.39, 0.29) is 5.54 Å². The maximum atomic E-state index is 4.53. The second-order valence-corrected chi connectivity index (χ2v) is 6.08. The van der Waals surface area contributed by atoms with Gasteiger partial charge >= 0.3 is 0 Å². The summed E-state index contributed by atoms with van der Waals surface area (Å²) in [6.45, 7) is 3.41. The molecule has 3 nitrogen and oxygen atoms in total. The zero-order valence-electron chi connectivity index (χ0n) is 9.05. The van der Waals surface area contributed by atoms with Gasteiger partial charge in [-0.25, -0.2) is 4.98 Å². The SMILES string of the molecule is CC1CCC2(CS1)NCCc1[nH]cnc12. The van der Waals surface area contributed by atoms with Crippen LogP contribution in [0.4, 0.5) is 0 Å². The highest BCUT2D eigenvalue weighted by atomic mass is 32.2. The van der Waals surface area contributed by atoms with Crippen LogP contribution in [0.3, 0.4) is 0 Å². The Morgan fingerprint density at radius 1 is 1.60 bits per heavy atom. The Kier molecular flexibility index (Phi) is 2.29. The number of rotatable bonds is 0. The van der Waals surface area contributed by atoms with Crippen molar-refractivity contribution in [3.8, 4) is 0 Å². The van der Waals surface area contributed by atoms with Crippen molar-refractivity contribution < 1.29 is 0 Å². The third kappa shape index (κ3) is 1.51. The van der Waals surface area contributed by atoms with Crippen molar-refractivity contribution in [2.45, 2.75) is 37.0 Å².